The maximum Gasteiger partial charge on any atom is 0.410 e. The van der Waals surface area contributed by atoms with Crippen LogP contribution in [-0.2, 0) is 19.1 Å². The van der Waals surface area contributed by atoms with Crippen LogP contribution >= 0.6 is 0 Å². The summed E-state index contributed by atoms with van der Waals surface area (Å²) < 4.78 is 5.34. The Labute approximate surface area is 179 Å². The molecule has 2 rings (SSSR count). The number of hydrogen-bond donors (Lipinski definition) is 1. The van der Waals surface area contributed by atoms with Gasteiger partial charge in [0.15, 0.2) is 0 Å². The van der Waals surface area contributed by atoms with E-state index in [9.17, 15) is 19.2 Å². The molecule has 1 N–H and O–H groups in total. The lowest BCUT2D eigenvalue weighted by molar-refractivity contribution is -0.141. The monoisotopic (exact) mass is 423 g/mol. The Balaban J connectivity index is 2.12. The van der Waals surface area contributed by atoms with Crippen LogP contribution in [0.2, 0.25) is 0 Å². The normalized spacial score (nSPS) is 22.2. The van der Waals surface area contributed by atoms with Gasteiger partial charge < -0.3 is 19.7 Å². The second kappa shape index (κ2) is 10.3. The number of likely N-dealkylation sites (tertiary alicyclic amines) is 1. The molecule has 1 saturated carbocycles. The van der Waals surface area contributed by atoms with E-state index < -0.39 is 35.7 Å². The molecule has 0 aromatic carbocycles. The number of carbonyl (C=O) groups excluding carboxylic acids is 4. The summed E-state index contributed by atoms with van der Waals surface area (Å²) in [4.78, 5) is 52.9. The van der Waals surface area contributed by atoms with Gasteiger partial charge in [0.2, 0.25) is 11.8 Å². The number of ether oxygens (including phenoxy) is 1. The smallest absolute Gasteiger partial charge is 0.410 e. The van der Waals surface area contributed by atoms with Gasteiger partial charge in [-0.05, 0) is 59.3 Å². The first-order chi connectivity index (χ1) is 14.0. The van der Waals surface area contributed by atoms with E-state index in [-0.39, 0.29) is 11.8 Å². The minimum atomic E-state index is -0.792. The molecule has 0 spiro atoms. The van der Waals surface area contributed by atoms with Crippen molar-refractivity contribution in [3.05, 3.63) is 0 Å². The first kappa shape index (κ1) is 24.2. The molecule has 3 amide bonds. The molecule has 3 atom stereocenters. The summed E-state index contributed by atoms with van der Waals surface area (Å²) in [5.41, 5.74) is -0.665. The molecular weight excluding hydrogens is 386 g/mol. The number of likely N-dealkylation sites (N-methyl/N-ethyl adjacent to an activating group) is 1. The van der Waals surface area contributed by atoms with Gasteiger partial charge in [-0.2, -0.15) is 0 Å². The highest BCUT2D eigenvalue weighted by Crippen LogP contribution is 2.29. The minimum absolute atomic E-state index is 0.0436. The van der Waals surface area contributed by atoms with Crippen molar-refractivity contribution in [3.8, 4) is 0 Å². The summed E-state index contributed by atoms with van der Waals surface area (Å²) in [5, 5.41) is 2.91. The average Bonchev–Trinajstić information content (AvgIpc) is 3.18. The van der Waals surface area contributed by atoms with E-state index in [0.717, 1.165) is 44.8 Å². The van der Waals surface area contributed by atoms with E-state index >= 15 is 0 Å². The molecule has 8 heteroatoms. The third-order valence-electron chi connectivity index (χ3n) is 6.07. The summed E-state index contributed by atoms with van der Waals surface area (Å²) in [6, 6.07) is -1.88. The SMILES string of the molecule is CC(C(=O)NC(C(=O)N1CCCC1C=O)C1CCCCC1)N(C)C(=O)OC(C)(C)C. The Kier molecular flexibility index (Phi) is 8.26. The average molecular weight is 424 g/mol. The summed E-state index contributed by atoms with van der Waals surface area (Å²) in [6.07, 6.45) is 6.60. The maximum atomic E-state index is 13.3. The number of nitrogens with one attached hydrogen (secondary N) is 1. The van der Waals surface area contributed by atoms with E-state index in [1.54, 1.807) is 32.6 Å². The van der Waals surface area contributed by atoms with Crippen LogP contribution < -0.4 is 5.32 Å². The molecule has 0 bridgehead atoms. The van der Waals surface area contributed by atoms with Crippen LogP contribution in [0, 0.1) is 5.92 Å². The van der Waals surface area contributed by atoms with Gasteiger partial charge in [0.05, 0.1) is 6.04 Å². The van der Waals surface area contributed by atoms with Crippen LogP contribution in [0.5, 0.6) is 0 Å². The number of rotatable bonds is 6. The van der Waals surface area contributed by atoms with Gasteiger partial charge in [-0.1, -0.05) is 19.3 Å². The Bertz CT molecular complexity index is 639. The molecule has 1 aliphatic carbocycles. The quantitative estimate of drug-likeness (QED) is 0.662. The minimum Gasteiger partial charge on any atom is -0.444 e. The number of hydrogen-bond acceptors (Lipinski definition) is 5. The van der Waals surface area contributed by atoms with Crippen LogP contribution in [0.15, 0.2) is 0 Å². The summed E-state index contributed by atoms with van der Waals surface area (Å²) >= 11 is 0. The number of nitrogens with zero attached hydrogens (tertiary/aromatic N) is 2. The molecule has 1 aliphatic heterocycles. The van der Waals surface area contributed by atoms with Crippen molar-refractivity contribution in [1.29, 1.82) is 0 Å². The molecule has 2 aliphatic rings. The number of aldehydes is 1. The highest BCUT2D eigenvalue weighted by molar-refractivity contribution is 5.92. The van der Waals surface area contributed by atoms with Gasteiger partial charge >= 0.3 is 6.09 Å². The lowest BCUT2D eigenvalue weighted by atomic mass is 9.83. The summed E-state index contributed by atoms with van der Waals surface area (Å²) in [5.74, 6) is -0.534. The second-order valence-electron chi connectivity index (χ2n) is 9.53. The molecule has 3 unspecified atom stereocenters. The Morgan fingerprint density at radius 2 is 1.73 bits per heavy atom. The lowest BCUT2D eigenvalue weighted by Crippen LogP contribution is -2.57. The number of amides is 3. The van der Waals surface area contributed by atoms with Crippen LogP contribution in [0.3, 0.4) is 0 Å². The fraction of sp³-hybridized carbons (Fsp3) is 0.818. The lowest BCUT2D eigenvalue weighted by Gasteiger charge is -2.35. The molecule has 8 nitrogen and oxygen atoms in total. The van der Waals surface area contributed by atoms with Crippen LogP contribution in [-0.4, -0.2) is 71.3 Å². The summed E-state index contributed by atoms with van der Waals surface area (Å²) in [7, 11) is 1.51. The van der Waals surface area contributed by atoms with Gasteiger partial charge in [-0.15, -0.1) is 0 Å². The van der Waals surface area contributed by atoms with Crippen molar-refractivity contribution in [2.24, 2.45) is 5.92 Å². The van der Waals surface area contributed by atoms with Gasteiger partial charge in [0.25, 0.3) is 0 Å². The van der Waals surface area contributed by atoms with Crippen LogP contribution in [0.1, 0.15) is 72.6 Å². The Hall–Kier alpha value is -2.12. The second-order valence-corrected chi connectivity index (χ2v) is 9.53. The molecule has 0 radical (unpaired) electrons. The zero-order valence-corrected chi connectivity index (χ0v) is 19.0. The van der Waals surface area contributed by atoms with Crippen LogP contribution in [0.25, 0.3) is 0 Å². The zero-order valence-electron chi connectivity index (χ0n) is 19.0. The van der Waals surface area contributed by atoms with Gasteiger partial charge in [0, 0.05) is 13.6 Å². The van der Waals surface area contributed by atoms with Gasteiger partial charge in [0.1, 0.15) is 24.0 Å². The maximum absolute atomic E-state index is 13.3. The molecule has 0 aromatic heterocycles. The van der Waals surface area contributed by atoms with Crippen molar-refractivity contribution in [3.63, 3.8) is 0 Å². The third-order valence-corrected chi connectivity index (χ3v) is 6.07. The predicted molar refractivity (Wildman–Crippen MR) is 113 cm³/mol. The predicted octanol–water partition coefficient (Wildman–Crippen LogP) is 2.50. The third kappa shape index (κ3) is 6.19. The van der Waals surface area contributed by atoms with Gasteiger partial charge in [-0.3, -0.25) is 14.5 Å². The van der Waals surface area contributed by atoms with Crippen molar-refractivity contribution < 1.29 is 23.9 Å². The molecular formula is C22H37N3O5. The highest BCUT2D eigenvalue weighted by Gasteiger charge is 2.39. The fourth-order valence-corrected chi connectivity index (χ4v) is 4.18. The Morgan fingerprint density at radius 1 is 1.10 bits per heavy atom. The first-order valence-corrected chi connectivity index (χ1v) is 11.1. The Morgan fingerprint density at radius 3 is 2.30 bits per heavy atom. The van der Waals surface area contributed by atoms with Crippen molar-refractivity contribution in [2.75, 3.05) is 13.6 Å². The topological polar surface area (TPSA) is 96.0 Å². The van der Waals surface area contributed by atoms with E-state index in [2.05, 4.69) is 5.32 Å². The zero-order chi connectivity index (χ0) is 22.5. The van der Waals surface area contributed by atoms with Gasteiger partial charge in [-0.25, -0.2) is 4.79 Å². The molecule has 170 valence electrons. The van der Waals surface area contributed by atoms with E-state index in [4.69, 9.17) is 4.74 Å². The first-order valence-electron chi connectivity index (χ1n) is 11.1. The fourth-order valence-electron chi connectivity index (χ4n) is 4.18. The molecule has 1 saturated heterocycles. The highest BCUT2D eigenvalue weighted by atomic mass is 16.6. The summed E-state index contributed by atoms with van der Waals surface area (Å²) in [6.45, 7) is 7.45. The van der Waals surface area contributed by atoms with Crippen molar-refractivity contribution in [1.82, 2.24) is 15.1 Å². The van der Waals surface area contributed by atoms with Crippen molar-refractivity contribution >= 4 is 24.2 Å². The van der Waals surface area contributed by atoms with E-state index in [0.29, 0.717) is 13.0 Å². The molecule has 0 aromatic rings. The number of carbonyl (C=O) groups is 4. The van der Waals surface area contributed by atoms with Crippen molar-refractivity contribution in [2.45, 2.75) is 96.4 Å². The largest absolute Gasteiger partial charge is 0.444 e. The van der Waals surface area contributed by atoms with E-state index in [1.807, 2.05) is 0 Å². The van der Waals surface area contributed by atoms with E-state index in [1.165, 1.54) is 11.9 Å². The standard InChI is InChI=1S/C22H37N3O5/c1-15(24(5)21(29)30-22(2,3)4)19(27)23-18(16-10-7-6-8-11-16)20(28)25-13-9-12-17(25)14-26/h14-18H,6-13H2,1-5H3,(H,23,27). The molecule has 1 heterocycles. The molecule has 2 fully saturated rings. The molecule has 30 heavy (non-hydrogen) atoms. The van der Waals surface area contributed by atoms with Crippen LogP contribution in [0.4, 0.5) is 4.79 Å².